The highest BCUT2D eigenvalue weighted by Gasteiger charge is 2.42. The Labute approximate surface area is 116 Å². The van der Waals surface area contributed by atoms with Crippen LogP contribution in [0.25, 0.3) is 0 Å². The summed E-state index contributed by atoms with van der Waals surface area (Å²) in [5, 5.41) is 0. The molecule has 0 aliphatic carbocycles. The second-order valence-corrected chi connectivity index (χ2v) is 6.76. The molecule has 0 radical (unpaired) electrons. The first-order valence-electron chi connectivity index (χ1n) is 5.95. The number of rotatable bonds is 2. The van der Waals surface area contributed by atoms with Gasteiger partial charge in [-0.2, -0.15) is 0 Å². The molecule has 1 heterocycles. The van der Waals surface area contributed by atoms with Gasteiger partial charge in [0.2, 0.25) is 11.8 Å². The van der Waals surface area contributed by atoms with Crippen molar-refractivity contribution in [3.8, 4) is 0 Å². The number of nitrogens with zero attached hydrogens (tertiary/aromatic N) is 1. The van der Waals surface area contributed by atoms with Crippen molar-refractivity contribution in [3.05, 3.63) is 18.2 Å². The Hall–Kier alpha value is -1.69. The molecule has 0 saturated heterocycles. The summed E-state index contributed by atoms with van der Waals surface area (Å²) in [5.41, 5.74) is 12.4. The maximum Gasteiger partial charge on any atom is 0.243 e. The highest BCUT2D eigenvalue weighted by Crippen LogP contribution is 2.46. The minimum atomic E-state index is -0.685. The molecule has 1 aliphatic heterocycles. The SMILES string of the molecule is CC(C(N)=O)N1C(=O)C(C)(C)Sc2cc(N)ccc21. The molecule has 1 unspecified atom stereocenters. The van der Waals surface area contributed by atoms with Gasteiger partial charge in [0.1, 0.15) is 6.04 Å². The Balaban J connectivity index is 2.59. The van der Waals surface area contributed by atoms with E-state index in [1.807, 2.05) is 19.9 Å². The molecule has 1 atom stereocenters. The van der Waals surface area contributed by atoms with Gasteiger partial charge in [-0.25, -0.2) is 0 Å². The number of amides is 2. The van der Waals surface area contributed by atoms with E-state index in [0.717, 1.165) is 4.90 Å². The Morgan fingerprint density at radius 1 is 1.42 bits per heavy atom. The molecule has 1 aliphatic rings. The fourth-order valence-electron chi connectivity index (χ4n) is 2.04. The van der Waals surface area contributed by atoms with Crippen LogP contribution >= 0.6 is 11.8 Å². The highest BCUT2D eigenvalue weighted by atomic mass is 32.2. The second-order valence-electron chi connectivity index (χ2n) is 5.09. The lowest BCUT2D eigenvalue weighted by Gasteiger charge is -2.40. The second kappa shape index (κ2) is 4.45. The van der Waals surface area contributed by atoms with Gasteiger partial charge in [-0.3, -0.25) is 14.5 Å². The molecule has 1 aromatic carbocycles. The normalized spacial score (nSPS) is 18.9. The van der Waals surface area contributed by atoms with Gasteiger partial charge >= 0.3 is 0 Å². The lowest BCUT2D eigenvalue weighted by atomic mass is 10.1. The van der Waals surface area contributed by atoms with Crippen molar-refractivity contribution >= 4 is 35.0 Å². The minimum absolute atomic E-state index is 0.124. The quantitative estimate of drug-likeness (QED) is 0.800. The molecule has 0 aromatic heterocycles. The van der Waals surface area contributed by atoms with Crippen LogP contribution in [0.15, 0.2) is 23.1 Å². The fourth-order valence-corrected chi connectivity index (χ4v) is 3.24. The molecule has 19 heavy (non-hydrogen) atoms. The van der Waals surface area contributed by atoms with E-state index in [1.165, 1.54) is 16.7 Å². The van der Waals surface area contributed by atoms with Crippen LogP contribution in [0.5, 0.6) is 0 Å². The Morgan fingerprint density at radius 2 is 2.05 bits per heavy atom. The van der Waals surface area contributed by atoms with Crippen LogP contribution in [0.1, 0.15) is 20.8 Å². The molecule has 0 saturated carbocycles. The molecule has 2 amide bonds. The molecule has 1 aromatic rings. The van der Waals surface area contributed by atoms with Gasteiger partial charge in [0.15, 0.2) is 0 Å². The molecule has 2 rings (SSSR count). The third-order valence-electron chi connectivity index (χ3n) is 3.14. The van der Waals surface area contributed by atoms with Crippen molar-refractivity contribution < 1.29 is 9.59 Å². The summed E-state index contributed by atoms with van der Waals surface area (Å²) < 4.78 is -0.648. The maximum absolute atomic E-state index is 12.5. The number of carbonyl (C=O) groups is 2. The van der Waals surface area contributed by atoms with Crippen molar-refractivity contribution in [3.63, 3.8) is 0 Å². The first-order valence-corrected chi connectivity index (χ1v) is 6.77. The molecule has 5 nitrogen and oxygen atoms in total. The van der Waals surface area contributed by atoms with E-state index < -0.39 is 16.7 Å². The van der Waals surface area contributed by atoms with Crippen LogP contribution < -0.4 is 16.4 Å². The van der Waals surface area contributed by atoms with Gasteiger partial charge in [0, 0.05) is 10.6 Å². The van der Waals surface area contributed by atoms with E-state index in [1.54, 1.807) is 19.1 Å². The topological polar surface area (TPSA) is 89.4 Å². The Morgan fingerprint density at radius 3 is 2.63 bits per heavy atom. The predicted octanol–water partition coefficient (Wildman–Crippen LogP) is 1.36. The Bertz CT molecular complexity index is 557. The zero-order chi connectivity index (χ0) is 14.4. The Kier molecular flexibility index (Phi) is 3.22. The number of hydrogen-bond donors (Lipinski definition) is 2. The van der Waals surface area contributed by atoms with Crippen molar-refractivity contribution in [2.45, 2.75) is 36.5 Å². The summed E-state index contributed by atoms with van der Waals surface area (Å²) in [6.45, 7) is 5.28. The average molecular weight is 279 g/mol. The van der Waals surface area contributed by atoms with E-state index in [0.29, 0.717) is 11.4 Å². The molecule has 0 fully saturated rings. The zero-order valence-electron chi connectivity index (χ0n) is 11.1. The van der Waals surface area contributed by atoms with Gasteiger partial charge in [-0.15, -0.1) is 11.8 Å². The highest BCUT2D eigenvalue weighted by molar-refractivity contribution is 8.01. The van der Waals surface area contributed by atoms with Gasteiger partial charge in [0.25, 0.3) is 0 Å². The van der Waals surface area contributed by atoms with Crippen molar-refractivity contribution in [1.29, 1.82) is 0 Å². The summed E-state index contributed by atoms with van der Waals surface area (Å²) in [5.74, 6) is -0.653. The number of nitrogens with two attached hydrogens (primary N) is 2. The summed E-state index contributed by atoms with van der Waals surface area (Å²) in [6, 6.07) is 4.60. The molecule has 0 spiro atoms. The van der Waals surface area contributed by atoms with Crippen LogP contribution in [0.2, 0.25) is 0 Å². The lowest BCUT2D eigenvalue weighted by Crippen LogP contribution is -2.54. The number of anilines is 2. The van der Waals surface area contributed by atoms with Crippen LogP contribution in [0.4, 0.5) is 11.4 Å². The van der Waals surface area contributed by atoms with Crippen LogP contribution in [0, 0.1) is 0 Å². The van der Waals surface area contributed by atoms with Crippen molar-refractivity contribution in [2.75, 3.05) is 10.6 Å². The predicted molar refractivity (Wildman–Crippen MR) is 76.9 cm³/mol. The average Bonchev–Trinajstić information content (AvgIpc) is 2.29. The van der Waals surface area contributed by atoms with E-state index >= 15 is 0 Å². The lowest BCUT2D eigenvalue weighted by molar-refractivity contribution is -0.125. The standard InChI is InChI=1S/C13H17N3O2S/c1-7(11(15)17)16-9-5-4-8(14)6-10(9)19-13(2,3)12(16)18/h4-7H,14H2,1-3H3,(H2,15,17). The number of benzene rings is 1. The third kappa shape index (κ3) is 2.28. The summed E-state index contributed by atoms with van der Waals surface area (Å²) >= 11 is 1.45. The molecular weight excluding hydrogens is 262 g/mol. The molecule has 0 bridgehead atoms. The number of hydrogen-bond acceptors (Lipinski definition) is 4. The van der Waals surface area contributed by atoms with Crippen molar-refractivity contribution in [2.24, 2.45) is 5.73 Å². The van der Waals surface area contributed by atoms with E-state index in [9.17, 15) is 9.59 Å². The molecule has 6 heteroatoms. The number of nitrogen functional groups attached to an aromatic ring is 1. The van der Waals surface area contributed by atoms with Gasteiger partial charge in [0.05, 0.1) is 10.4 Å². The third-order valence-corrected chi connectivity index (χ3v) is 4.37. The summed E-state index contributed by atoms with van der Waals surface area (Å²) in [4.78, 5) is 26.3. The molecular formula is C13H17N3O2S. The van der Waals surface area contributed by atoms with Crippen LogP contribution in [0.3, 0.4) is 0 Å². The minimum Gasteiger partial charge on any atom is -0.399 e. The fraction of sp³-hybridized carbons (Fsp3) is 0.385. The van der Waals surface area contributed by atoms with Gasteiger partial charge in [-0.05, 0) is 39.0 Å². The number of carbonyl (C=O) groups excluding carboxylic acids is 2. The van der Waals surface area contributed by atoms with E-state index in [-0.39, 0.29) is 5.91 Å². The van der Waals surface area contributed by atoms with Gasteiger partial charge in [-0.1, -0.05) is 0 Å². The summed E-state index contributed by atoms with van der Waals surface area (Å²) in [6.07, 6.45) is 0. The molecule has 102 valence electrons. The van der Waals surface area contributed by atoms with E-state index in [2.05, 4.69) is 0 Å². The largest absolute Gasteiger partial charge is 0.399 e. The smallest absolute Gasteiger partial charge is 0.243 e. The van der Waals surface area contributed by atoms with Crippen LogP contribution in [-0.2, 0) is 9.59 Å². The van der Waals surface area contributed by atoms with Crippen LogP contribution in [-0.4, -0.2) is 22.6 Å². The number of thioether (sulfide) groups is 1. The van der Waals surface area contributed by atoms with E-state index in [4.69, 9.17) is 11.5 Å². The van der Waals surface area contributed by atoms with Gasteiger partial charge < -0.3 is 11.5 Å². The number of primary amides is 1. The monoisotopic (exact) mass is 279 g/mol. The zero-order valence-corrected chi connectivity index (χ0v) is 12.0. The summed E-state index contributed by atoms with van der Waals surface area (Å²) in [7, 11) is 0. The van der Waals surface area contributed by atoms with Crippen molar-refractivity contribution in [1.82, 2.24) is 0 Å². The first kappa shape index (κ1) is 13.7. The first-order chi connectivity index (χ1) is 8.74. The maximum atomic E-state index is 12.5. The molecule has 4 N–H and O–H groups in total. The number of fused-ring (bicyclic) bond motifs is 1.